The molecule has 0 bridgehead atoms. The maximum Gasteiger partial charge on any atom is 0.426 e. The molecule has 0 aliphatic heterocycles. The van der Waals surface area contributed by atoms with E-state index in [1.165, 1.54) is 0 Å². The maximum absolute atomic E-state index is 12.9. The van der Waals surface area contributed by atoms with Crippen molar-refractivity contribution in [2.24, 2.45) is 0 Å². The van der Waals surface area contributed by atoms with Gasteiger partial charge in [0.05, 0.1) is 0 Å². The highest BCUT2D eigenvalue weighted by Crippen LogP contribution is 2.46. The Hall–Kier alpha value is -3.28. The normalized spacial score (nSPS) is 13.9. The monoisotopic (exact) mass is 572 g/mol. The van der Waals surface area contributed by atoms with Crippen molar-refractivity contribution in [2.75, 3.05) is 0 Å². The topological polar surface area (TPSA) is 100 Å². The highest BCUT2D eigenvalue weighted by atomic mass is 19.4. The Morgan fingerprint density at radius 3 is 1.05 bits per heavy atom. The van der Waals surface area contributed by atoms with Crippen LogP contribution in [0, 0.1) is 0 Å². The predicted molar refractivity (Wildman–Crippen MR) is 98.7 cm³/mol. The summed E-state index contributed by atoms with van der Waals surface area (Å²) in [6.45, 7) is 0. The summed E-state index contributed by atoms with van der Waals surface area (Å²) in [5.74, 6) is -3.53. The number of carbonyl (C=O) groups is 2. The third-order valence-corrected chi connectivity index (χ3v) is 5.03. The van der Waals surface area contributed by atoms with Crippen LogP contribution in [0.3, 0.4) is 0 Å². The molecule has 0 radical (unpaired) electrons. The van der Waals surface area contributed by atoms with E-state index >= 15 is 0 Å². The summed E-state index contributed by atoms with van der Waals surface area (Å²) in [6.07, 6.45) is -29.4. The first-order valence-corrected chi connectivity index (χ1v) is 9.67. The molecule has 0 fully saturated rings. The van der Waals surface area contributed by atoms with E-state index in [1.54, 1.807) is 0 Å². The molecule has 0 atom stereocenters. The molecule has 0 aliphatic carbocycles. The number of aromatic nitrogens is 2. The molecule has 0 aromatic carbocycles. The van der Waals surface area contributed by atoms with E-state index in [2.05, 4.69) is 9.97 Å². The fourth-order valence-corrected chi connectivity index (χ4v) is 2.89. The van der Waals surface area contributed by atoms with Gasteiger partial charge in [-0.05, 0) is 24.3 Å². The van der Waals surface area contributed by atoms with Crippen LogP contribution in [0.4, 0.5) is 52.7 Å². The van der Waals surface area contributed by atoms with E-state index in [-0.39, 0.29) is 0 Å². The van der Waals surface area contributed by atoms with Crippen molar-refractivity contribution in [2.45, 2.75) is 48.7 Å². The van der Waals surface area contributed by atoms with Gasteiger partial charge in [0, 0.05) is 24.2 Å². The number of hydrogen-bond donors (Lipinski definition) is 2. The first kappa shape index (κ1) is 30.9. The Labute approximate surface area is 202 Å². The highest BCUT2D eigenvalue weighted by molar-refractivity contribution is 6.48. The molecular weight excluding hydrogens is 560 g/mol. The van der Waals surface area contributed by atoms with Crippen LogP contribution in [0.15, 0.2) is 36.4 Å². The predicted octanol–water partition coefficient (Wildman–Crippen LogP) is 4.34. The molecule has 2 N–H and O–H groups in total. The summed E-state index contributed by atoms with van der Waals surface area (Å²) in [5, 5.41) is 18.5. The number of carbonyl (C=O) groups excluding carboxylic acids is 2. The average molecular weight is 572 g/mol. The van der Waals surface area contributed by atoms with Gasteiger partial charge in [0.1, 0.15) is 11.4 Å². The standard InChI is InChI=1S/C20H12F12N2O4/c21-17(22,23)15(37,18(24,25)26)7-9-3-1-5-11(33-9)13(35)14(36)12-6-2-4-10(34-12)8-16(38,19(27,28)29)20(30,31)32/h1-6,37-38H,7-8H2. The van der Waals surface area contributed by atoms with E-state index in [9.17, 15) is 72.5 Å². The van der Waals surface area contributed by atoms with Crippen molar-refractivity contribution in [3.8, 4) is 0 Å². The Morgan fingerprint density at radius 2 is 0.816 bits per heavy atom. The SMILES string of the molecule is O=C(C(=O)c1cccc(CC(O)(C(F)(F)F)C(F)(F)F)n1)c1cccc(CC(O)(C(F)(F)F)C(F)(F)F)n1. The van der Waals surface area contributed by atoms with Gasteiger partial charge in [0.2, 0.25) is 0 Å². The zero-order valence-corrected chi connectivity index (χ0v) is 18.0. The van der Waals surface area contributed by atoms with Crippen LogP contribution >= 0.6 is 0 Å². The van der Waals surface area contributed by atoms with Crippen LogP contribution in [0.2, 0.25) is 0 Å². The number of hydrogen-bond acceptors (Lipinski definition) is 6. The fraction of sp³-hybridized carbons (Fsp3) is 0.400. The van der Waals surface area contributed by atoms with Gasteiger partial charge in [-0.3, -0.25) is 9.59 Å². The number of nitrogens with zero attached hydrogens (tertiary/aromatic N) is 2. The molecule has 0 spiro atoms. The minimum absolute atomic E-state index is 0.553. The van der Waals surface area contributed by atoms with E-state index in [1.807, 2.05) is 0 Å². The number of alkyl halides is 12. The number of Topliss-reactive ketones (excluding diaryl/α,β-unsaturated/α-hetero) is 2. The minimum atomic E-state index is -6.23. The number of rotatable bonds is 7. The number of halogens is 12. The maximum atomic E-state index is 12.9. The van der Waals surface area contributed by atoms with Crippen molar-refractivity contribution >= 4 is 11.6 Å². The van der Waals surface area contributed by atoms with Gasteiger partial charge < -0.3 is 10.2 Å². The minimum Gasteiger partial charge on any atom is -0.373 e. The molecule has 210 valence electrons. The van der Waals surface area contributed by atoms with Gasteiger partial charge >= 0.3 is 24.7 Å². The quantitative estimate of drug-likeness (QED) is 0.291. The van der Waals surface area contributed by atoms with Crippen LogP contribution in [-0.2, 0) is 12.8 Å². The molecule has 2 heterocycles. The van der Waals surface area contributed by atoms with Crippen LogP contribution in [0.25, 0.3) is 0 Å². The molecule has 2 rings (SSSR count). The summed E-state index contributed by atoms with van der Waals surface area (Å²) in [6, 6.07) is 3.81. The first-order chi connectivity index (χ1) is 16.9. The Bertz CT molecular complexity index is 1080. The molecule has 6 nitrogen and oxygen atoms in total. The van der Waals surface area contributed by atoms with Crippen molar-refractivity contribution in [3.05, 3.63) is 59.2 Å². The van der Waals surface area contributed by atoms with E-state index < -0.39 is 83.1 Å². The van der Waals surface area contributed by atoms with Crippen molar-refractivity contribution in [1.29, 1.82) is 0 Å². The second-order valence-corrected chi connectivity index (χ2v) is 7.75. The lowest BCUT2D eigenvalue weighted by Crippen LogP contribution is -2.58. The van der Waals surface area contributed by atoms with Crippen molar-refractivity contribution < 1.29 is 72.5 Å². The summed E-state index contributed by atoms with van der Waals surface area (Å²) in [5.41, 5.74) is -15.0. The molecule has 0 saturated carbocycles. The van der Waals surface area contributed by atoms with Crippen molar-refractivity contribution in [3.63, 3.8) is 0 Å². The molecule has 18 heteroatoms. The Morgan fingerprint density at radius 1 is 0.553 bits per heavy atom. The molecule has 2 aromatic rings. The molecule has 2 aromatic heterocycles. The molecule has 0 saturated heterocycles. The van der Waals surface area contributed by atoms with Gasteiger partial charge in [0.15, 0.2) is 0 Å². The van der Waals surface area contributed by atoms with E-state index in [0.29, 0.717) is 36.4 Å². The van der Waals surface area contributed by atoms with Gasteiger partial charge in [-0.1, -0.05) is 12.1 Å². The lowest BCUT2D eigenvalue weighted by molar-refractivity contribution is -0.368. The zero-order chi connectivity index (χ0) is 29.5. The number of aliphatic hydroxyl groups is 2. The molecule has 0 unspecified atom stereocenters. The molecule has 0 aliphatic rings. The third-order valence-electron chi connectivity index (χ3n) is 5.03. The molecule has 0 amide bonds. The zero-order valence-electron chi connectivity index (χ0n) is 18.0. The smallest absolute Gasteiger partial charge is 0.373 e. The van der Waals surface area contributed by atoms with Crippen molar-refractivity contribution in [1.82, 2.24) is 9.97 Å². The fourth-order valence-electron chi connectivity index (χ4n) is 2.89. The number of pyridine rings is 2. The average Bonchev–Trinajstić information content (AvgIpc) is 2.75. The van der Waals surface area contributed by atoms with Gasteiger partial charge in [-0.2, -0.15) is 52.7 Å². The largest absolute Gasteiger partial charge is 0.426 e. The summed E-state index contributed by atoms with van der Waals surface area (Å²) in [4.78, 5) is 31.2. The van der Waals surface area contributed by atoms with E-state index in [0.717, 1.165) is 0 Å². The van der Waals surface area contributed by atoms with Gasteiger partial charge in [-0.25, -0.2) is 9.97 Å². The Balaban J connectivity index is 2.39. The highest BCUT2D eigenvalue weighted by Gasteiger charge is 2.71. The summed E-state index contributed by atoms with van der Waals surface area (Å²) < 4.78 is 155. The third kappa shape index (κ3) is 5.90. The summed E-state index contributed by atoms with van der Waals surface area (Å²) in [7, 11) is 0. The van der Waals surface area contributed by atoms with E-state index in [4.69, 9.17) is 0 Å². The van der Waals surface area contributed by atoms with Crippen LogP contribution in [0.1, 0.15) is 32.4 Å². The molecule has 38 heavy (non-hydrogen) atoms. The second kappa shape index (κ2) is 9.79. The summed E-state index contributed by atoms with van der Waals surface area (Å²) >= 11 is 0. The van der Waals surface area contributed by atoms with Gasteiger partial charge in [0.25, 0.3) is 22.8 Å². The Kier molecular flexibility index (Phi) is 7.97. The molecular formula is C20H12F12N2O4. The lowest BCUT2D eigenvalue weighted by atomic mass is 9.95. The second-order valence-electron chi connectivity index (χ2n) is 7.75. The van der Waals surface area contributed by atoms with Crippen LogP contribution < -0.4 is 0 Å². The number of ketones is 2. The van der Waals surface area contributed by atoms with Crippen LogP contribution in [-0.4, -0.2) is 67.7 Å². The first-order valence-electron chi connectivity index (χ1n) is 9.67. The lowest BCUT2D eigenvalue weighted by Gasteiger charge is -2.32. The van der Waals surface area contributed by atoms with Crippen LogP contribution in [0.5, 0.6) is 0 Å². The van der Waals surface area contributed by atoms with Gasteiger partial charge in [-0.15, -0.1) is 0 Å².